The minimum atomic E-state index is -3.78. The molecule has 2 aromatic rings. The zero-order valence-corrected chi connectivity index (χ0v) is 7.90. The molecule has 2 N–H and O–H groups in total. The summed E-state index contributed by atoms with van der Waals surface area (Å²) in [6, 6.07) is 6.80. The van der Waals surface area contributed by atoms with Gasteiger partial charge in [0.2, 0.25) is 0 Å². The van der Waals surface area contributed by atoms with Crippen molar-refractivity contribution in [2.75, 3.05) is 0 Å². The van der Waals surface area contributed by atoms with Gasteiger partial charge in [-0.05, 0) is 12.1 Å². The van der Waals surface area contributed by atoms with Crippen LogP contribution in [0.2, 0.25) is 0 Å². The average molecular weight is 209 g/mol. The first kappa shape index (κ1) is 9.04. The predicted octanol–water partition coefficient (Wildman–Crippen LogP) is 0.277. The SMILES string of the molecule is NS(=O)(=O)c1ncnc2ccccc12. The molecule has 14 heavy (non-hydrogen) atoms. The molecule has 0 aliphatic carbocycles. The predicted molar refractivity (Wildman–Crippen MR) is 50.9 cm³/mol. The first-order valence-electron chi connectivity index (χ1n) is 3.81. The van der Waals surface area contributed by atoms with Crippen molar-refractivity contribution in [3.05, 3.63) is 30.6 Å². The van der Waals surface area contributed by atoms with Crippen molar-refractivity contribution >= 4 is 20.9 Å². The molecule has 0 radical (unpaired) electrons. The van der Waals surface area contributed by atoms with Gasteiger partial charge >= 0.3 is 0 Å². The maximum atomic E-state index is 11.1. The van der Waals surface area contributed by atoms with Gasteiger partial charge in [-0.15, -0.1) is 0 Å². The molecule has 1 heterocycles. The Morgan fingerprint density at radius 3 is 2.57 bits per heavy atom. The van der Waals surface area contributed by atoms with E-state index in [1.165, 1.54) is 6.33 Å². The molecule has 0 spiro atoms. The Hall–Kier alpha value is -1.53. The summed E-state index contributed by atoms with van der Waals surface area (Å²) in [7, 11) is -3.78. The van der Waals surface area contributed by atoms with Crippen molar-refractivity contribution in [2.24, 2.45) is 5.14 Å². The molecule has 0 saturated carbocycles. The zero-order valence-electron chi connectivity index (χ0n) is 7.08. The lowest BCUT2D eigenvalue weighted by molar-refractivity contribution is 0.595. The second-order valence-electron chi connectivity index (χ2n) is 2.74. The molecule has 6 heteroatoms. The molecular weight excluding hydrogens is 202 g/mol. The van der Waals surface area contributed by atoms with Gasteiger partial charge in [0.25, 0.3) is 10.0 Å². The maximum absolute atomic E-state index is 11.1. The number of nitrogens with zero attached hydrogens (tertiary/aromatic N) is 2. The second kappa shape index (κ2) is 3.00. The molecule has 0 unspecified atom stereocenters. The quantitative estimate of drug-likeness (QED) is 0.683. The fraction of sp³-hybridized carbons (Fsp3) is 0. The third-order valence-electron chi connectivity index (χ3n) is 1.78. The number of fused-ring (bicyclic) bond motifs is 1. The number of hydrogen-bond acceptors (Lipinski definition) is 4. The highest BCUT2D eigenvalue weighted by molar-refractivity contribution is 7.89. The van der Waals surface area contributed by atoms with E-state index in [0.29, 0.717) is 10.9 Å². The lowest BCUT2D eigenvalue weighted by Crippen LogP contribution is -2.14. The van der Waals surface area contributed by atoms with Crippen LogP contribution in [0, 0.1) is 0 Å². The molecule has 0 atom stereocenters. The summed E-state index contributed by atoms with van der Waals surface area (Å²) < 4.78 is 22.3. The normalized spacial score (nSPS) is 11.8. The van der Waals surface area contributed by atoms with Gasteiger partial charge in [0.15, 0.2) is 5.03 Å². The Morgan fingerprint density at radius 2 is 1.86 bits per heavy atom. The summed E-state index contributed by atoms with van der Waals surface area (Å²) in [6.07, 6.45) is 1.18. The number of nitrogens with two attached hydrogens (primary N) is 1. The van der Waals surface area contributed by atoms with Crippen molar-refractivity contribution in [3.8, 4) is 0 Å². The molecule has 2 rings (SSSR count). The molecule has 5 nitrogen and oxygen atoms in total. The first-order valence-corrected chi connectivity index (χ1v) is 5.36. The van der Waals surface area contributed by atoms with Gasteiger partial charge < -0.3 is 0 Å². The standard InChI is InChI=1S/C8H7N3O2S/c9-14(12,13)8-6-3-1-2-4-7(6)10-5-11-8/h1-5H,(H2,9,12,13). The van der Waals surface area contributed by atoms with Gasteiger partial charge in [-0.25, -0.2) is 23.5 Å². The van der Waals surface area contributed by atoms with Gasteiger partial charge in [0, 0.05) is 5.39 Å². The van der Waals surface area contributed by atoms with Crippen LogP contribution in [0.5, 0.6) is 0 Å². The largest absolute Gasteiger partial charge is 0.256 e. The van der Waals surface area contributed by atoms with Crippen LogP contribution in [-0.2, 0) is 10.0 Å². The van der Waals surface area contributed by atoms with E-state index < -0.39 is 10.0 Å². The first-order chi connectivity index (χ1) is 6.59. The lowest BCUT2D eigenvalue weighted by atomic mass is 10.2. The molecule has 1 aromatic carbocycles. The summed E-state index contributed by atoms with van der Waals surface area (Å²) >= 11 is 0. The van der Waals surface area contributed by atoms with Crippen LogP contribution in [0.3, 0.4) is 0 Å². The maximum Gasteiger partial charge on any atom is 0.256 e. The van der Waals surface area contributed by atoms with Crippen LogP contribution in [0.4, 0.5) is 0 Å². The highest BCUT2D eigenvalue weighted by Gasteiger charge is 2.13. The Labute approximate surface area is 80.7 Å². The van der Waals surface area contributed by atoms with Crippen LogP contribution in [0.15, 0.2) is 35.6 Å². The van der Waals surface area contributed by atoms with E-state index in [1.807, 2.05) is 0 Å². The van der Waals surface area contributed by atoms with Crippen LogP contribution in [0.1, 0.15) is 0 Å². The van der Waals surface area contributed by atoms with E-state index >= 15 is 0 Å². The van der Waals surface area contributed by atoms with E-state index in [9.17, 15) is 8.42 Å². The number of hydrogen-bond donors (Lipinski definition) is 1. The van der Waals surface area contributed by atoms with Crippen molar-refractivity contribution in [1.82, 2.24) is 9.97 Å². The fourth-order valence-corrected chi connectivity index (χ4v) is 1.88. The molecule has 1 aromatic heterocycles. The number of primary sulfonamides is 1. The van der Waals surface area contributed by atoms with Crippen molar-refractivity contribution in [2.45, 2.75) is 5.03 Å². The van der Waals surface area contributed by atoms with E-state index in [4.69, 9.17) is 5.14 Å². The van der Waals surface area contributed by atoms with Gasteiger partial charge in [-0.3, -0.25) is 0 Å². The fourth-order valence-electron chi connectivity index (χ4n) is 1.21. The zero-order chi connectivity index (χ0) is 10.2. The Bertz CT molecular complexity index is 575. The summed E-state index contributed by atoms with van der Waals surface area (Å²) in [4.78, 5) is 7.58. The molecule has 72 valence electrons. The van der Waals surface area contributed by atoms with Crippen molar-refractivity contribution in [3.63, 3.8) is 0 Å². The van der Waals surface area contributed by atoms with E-state index in [0.717, 1.165) is 0 Å². The molecule has 0 aliphatic heterocycles. The number of benzene rings is 1. The molecule has 0 fully saturated rings. The molecule has 0 saturated heterocycles. The summed E-state index contributed by atoms with van der Waals surface area (Å²) in [6.45, 7) is 0. The minimum absolute atomic E-state index is 0.136. The highest BCUT2D eigenvalue weighted by Crippen LogP contribution is 2.16. The summed E-state index contributed by atoms with van der Waals surface area (Å²) in [5.74, 6) is 0. The average Bonchev–Trinajstić information content (AvgIpc) is 2.15. The molecule has 0 aliphatic rings. The van der Waals surface area contributed by atoms with Crippen LogP contribution < -0.4 is 5.14 Å². The Balaban J connectivity index is 2.92. The molecule has 0 bridgehead atoms. The number of rotatable bonds is 1. The van der Waals surface area contributed by atoms with Crippen molar-refractivity contribution in [1.29, 1.82) is 0 Å². The third kappa shape index (κ3) is 1.45. The van der Waals surface area contributed by atoms with E-state index in [-0.39, 0.29) is 5.03 Å². The minimum Gasteiger partial charge on any atom is -0.236 e. The summed E-state index contributed by atoms with van der Waals surface area (Å²) in [5, 5.41) is 5.31. The smallest absolute Gasteiger partial charge is 0.236 e. The van der Waals surface area contributed by atoms with Gasteiger partial charge in [0.1, 0.15) is 6.33 Å². The second-order valence-corrected chi connectivity index (χ2v) is 4.22. The number of aromatic nitrogens is 2. The topological polar surface area (TPSA) is 85.9 Å². The highest BCUT2D eigenvalue weighted by atomic mass is 32.2. The Kier molecular flexibility index (Phi) is 1.94. The summed E-state index contributed by atoms with van der Waals surface area (Å²) in [5.41, 5.74) is 0.562. The van der Waals surface area contributed by atoms with Crippen LogP contribution >= 0.6 is 0 Å². The van der Waals surface area contributed by atoms with Gasteiger partial charge in [0.05, 0.1) is 5.52 Å². The third-order valence-corrected chi connectivity index (χ3v) is 2.64. The Morgan fingerprint density at radius 1 is 1.14 bits per heavy atom. The molecular formula is C8H7N3O2S. The van der Waals surface area contributed by atoms with E-state index in [2.05, 4.69) is 9.97 Å². The van der Waals surface area contributed by atoms with E-state index in [1.54, 1.807) is 24.3 Å². The van der Waals surface area contributed by atoms with Crippen LogP contribution in [-0.4, -0.2) is 18.4 Å². The monoisotopic (exact) mass is 209 g/mol. The molecule has 0 amide bonds. The number of sulfonamides is 1. The van der Waals surface area contributed by atoms with Gasteiger partial charge in [-0.2, -0.15) is 0 Å². The lowest BCUT2D eigenvalue weighted by Gasteiger charge is -2.00. The number of para-hydroxylation sites is 1. The van der Waals surface area contributed by atoms with Crippen LogP contribution in [0.25, 0.3) is 10.9 Å². The van der Waals surface area contributed by atoms with Crippen molar-refractivity contribution < 1.29 is 8.42 Å². The van der Waals surface area contributed by atoms with Gasteiger partial charge in [-0.1, -0.05) is 12.1 Å².